The molecule has 0 spiro atoms. The van der Waals surface area contributed by atoms with Crippen LogP contribution >= 0.6 is 23.1 Å². The van der Waals surface area contributed by atoms with Crippen molar-refractivity contribution >= 4 is 39.1 Å². The van der Waals surface area contributed by atoms with E-state index < -0.39 is 0 Å². The zero-order valence-corrected chi connectivity index (χ0v) is 19.5. The van der Waals surface area contributed by atoms with Gasteiger partial charge in [0.15, 0.2) is 10.9 Å². The number of fused-ring (bicyclic) bond motifs is 3. The maximum Gasteiger partial charge on any atom is 0.262 e. The topological polar surface area (TPSA) is 66.1 Å². The van der Waals surface area contributed by atoms with E-state index in [0.29, 0.717) is 11.8 Å². The van der Waals surface area contributed by atoms with E-state index in [9.17, 15) is 9.59 Å². The molecule has 30 heavy (non-hydrogen) atoms. The smallest absolute Gasteiger partial charge is 0.262 e. The molecule has 1 aliphatic carbocycles. The zero-order valence-electron chi connectivity index (χ0n) is 17.9. The maximum atomic E-state index is 13.0. The summed E-state index contributed by atoms with van der Waals surface area (Å²) in [6.07, 6.45) is 4.32. The Bertz CT molecular complexity index is 1170. The van der Waals surface area contributed by atoms with Crippen LogP contribution < -0.4 is 5.56 Å². The molecule has 0 radical (unpaired) electrons. The molecule has 0 saturated carbocycles. The van der Waals surface area contributed by atoms with Crippen molar-refractivity contribution in [3.8, 4) is 0 Å². The first kappa shape index (κ1) is 21.3. The molecule has 3 aromatic heterocycles. The summed E-state index contributed by atoms with van der Waals surface area (Å²) in [7, 11) is 3.43. The van der Waals surface area contributed by atoms with Crippen molar-refractivity contribution < 1.29 is 9.53 Å². The molecular weight excluding hydrogens is 418 g/mol. The summed E-state index contributed by atoms with van der Waals surface area (Å²) in [6.45, 7) is 5.31. The number of nitrogens with zero attached hydrogens (tertiary/aromatic N) is 3. The van der Waals surface area contributed by atoms with Crippen LogP contribution in [0.4, 0.5) is 0 Å². The van der Waals surface area contributed by atoms with Gasteiger partial charge in [-0.05, 0) is 51.2 Å². The van der Waals surface area contributed by atoms with Gasteiger partial charge in [0.05, 0.1) is 17.7 Å². The monoisotopic (exact) mass is 445 g/mol. The molecule has 160 valence electrons. The summed E-state index contributed by atoms with van der Waals surface area (Å²) in [5, 5.41) is 1.39. The van der Waals surface area contributed by atoms with Crippen LogP contribution in [-0.4, -0.2) is 39.4 Å². The molecule has 0 aliphatic heterocycles. The average Bonchev–Trinajstić information content (AvgIpc) is 3.24. The first-order valence-corrected chi connectivity index (χ1v) is 12.1. The lowest BCUT2D eigenvalue weighted by Gasteiger charge is -2.11. The van der Waals surface area contributed by atoms with Crippen LogP contribution in [0.2, 0.25) is 0 Å². The molecule has 0 N–H and O–H groups in total. The van der Waals surface area contributed by atoms with Crippen LogP contribution in [0.25, 0.3) is 10.2 Å². The molecule has 3 aromatic rings. The van der Waals surface area contributed by atoms with Crippen molar-refractivity contribution in [1.29, 1.82) is 0 Å². The van der Waals surface area contributed by atoms with E-state index in [1.165, 1.54) is 28.6 Å². The van der Waals surface area contributed by atoms with E-state index in [2.05, 4.69) is 4.57 Å². The van der Waals surface area contributed by atoms with Crippen molar-refractivity contribution in [3.05, 3.63) is 43.8 Å². The van der Waals surface area contributed by atoms with Crippen molar-refractivity contribution in [2.45, 2.75) is 51.2 Å². The van der Waals surface area contributed by atoms with Crippen LogP contribution in [0.15, 0.2) is 16.0 Å². The van der Waals surface area contributed by atoms with E-state index in [-0.39, 0.29) is 17.1 Å². The lowest BCUT2D eigenvalue weighted by molar-refractivity contribution is 0.102. The highest BCUT2D eigenvalue weighted by molar-refractivity contribution is 7.99. The molecule has 6 nitrogen and oxygen atoms in total. The Morgan fingerprint density at radius 2 is 2.07 bits per heavy atom. The highest BCUT2D eigenvalue weighted by atomic mass is 32.2. The molecular formula is C22H27N3O3S2. The minimum atomic E-state index is 0.00657. The molecule has 1 aliphatic rings. The number of rotatable bonds is 7. The van der Waals surface area contributed by atoms with Gasteiger partial charge in [-0.25, -0.2) is 4.98 Å². The minimum Gasteiger partial charge on any atom is -0.383 e. The molecule has 0 unspecified atom stereocenters. The lowest BCUT2D eigenvalue weighted by atomic mass is 9.97. The number of aromatic nitrogens is 3. The van der Waals surface area contributed by atoms with Gasteiger partial charge in [-0.15, -0.1) is 11.3 Å². The molecule has 0 bridgehead atoms. The Balaban J connectivity index is 1.57. The predicted molar refractivity (Wildman–Crippen MR) is 122 cm³/mol. The van der Waals surface area contributed by atoms with Gasteiger partial charge in [0.2, 0.25) is 0 Å². The van der Waals surface area contributed by atoms with Crippen LogP contribution in [0.1, 0.15) is 45.0 Å². The van der Waals surface area contributed by atoms with Crippen molar-refractivity contribution in [3.63, 3.8) is 0 Å². The first-order valence-electron chi connectivity index (χ1n) is 10.2. The Kier molecular flexibility index (Phi) is 6.18. The second kappa shape index (κ2) is 8.69. The molecule has 0 fully saturated rings. The number of carbonyl (C=O) groups is 1. The van der Waals surface area contributed by atoms with Gasteiger partial charge in [0.1, 0.15) is 4.83 Å². The van der Waals surface area contributed by atoms with Crippen molar-refractivity contribution in [2.24, 2.45) is 7.05 Å². The quantitative estimate of drug-likeness (QED) is 0.313. The van der Waals surface area contributed by atoms with Crippen LogP contribution in [-0.2, 0) is 31.2 Å². The number of aryl methyl sites for hydroxylation is 3. The Hall–Kier alpha value is -1.90. The number of hydrogen-bond donors (Lipinski definition) is 0. The predicted octanol–water partition coefficient (Wildman–Crippen LogP) is 3.91. The lowest BCUT2D eigenvalue weighted by Crippen LogP contribution is -2.21. The summed E-state index contributed by atoms with van der Waals surface area (Å²) in [6, 6.07) is 1.94. The number of Topliss-reactive ketones (excluding diaryl/α,β-unsaturated/α-hetero) is 1. The second-order valence-corrected chi connectivity index (χ2v) is 9.82. The van der Waals surface area contributed by atoms with E-state index in [1.54, 1.807) is 30.1 Å². The van der Waals surface area contributed by atoms with Gasteiger partial charge in [0.25, 0.3) is 5.56 Å². The van der Waals surface area contributed by atoms with Gasteiger partial charge in [-0.3, -0.25) is 14.2 Å². The Labute approximate surface area is 184 Å². The molecule has 0 amide bonds. The third-order valence-corrected chi connectivity index (χ3v) is 8.10. The molecule has 0 saturated heterocycles. The summed E-state index contributed by atoms with van der Waals surface area (Å²) in [4.78, 5) is 32.8. The first-order chi connectivity index (χ1) is 14.4. The summed E-state index contributed by atoms with van der Waals surface area (Å²) >= 11 is 2.99. The maximum absolute atomic E-state index is 13.0. The number of carbonyl (C=O) groups excluding carboxylic acids is 1. The number of thiophene rings is 1. The fraction of sp³-hybridized carbons (Fsp3) is 0.500. The number of hydrogen-bond acceptors (Lipinski definition) is 6. The normalized spacial score (nSPS) is 13.7. The molecule has 0 atom stereocenters. The second-order valence-electron chi connectivity index (χ2n) is 7.79. The zero-order chi connectivity index (χ0) is 21.4. The van der Waals surface area contributed by atoms with Crippen molar-refractivity contribution in [2.75, 3.05) is 19.5 Å². The van der Waals surface area contributed by atoms with Gasteiger partial charge in [-0.2, -0.15) is 0 Å². The fourth-order valence-corrected chi connectivity index (χ4v) is 6.37. The third kappa shape index (κ3) is 3.76. The fourth-order valence-electron chi connectivity index (χ4n) is 4.21. The molecule has 8 heteroatoms. The minimum absolute atomic E-state index is 0.00657. The molecule has 4 rings (SSSR count). The third-order valence-electron chi connectivity index (χ3n) is 5.88. The SMILES string of the molecule is COCCn1c(C)cc(C(=O)CSc2nc3sc4c(c3c(=O)n2C)CCCC4)c1C. The van der Waals surface area contributed by atoms with Gasteiger partial charge in [0, 0.05) is 42.5 Å². The number of thioether (sulfide) groups is 1. The Morgan fingerprint density at radius 1 is 1.30 bits per heavy atom. The number of ether oxygens (including phenoxy) is 1. The van der Waals surface area contributed by atoms with Gasteiger partial charge < -0.3 is 9.30 Å². The van der Waals surface area contributed by atoms with Crippen LogP contribution in [0.3, 0.4) is 0 Å². The largest absolute Gasteiger partial charge is 0.383 e. The summed E-state index contributed by atoms with van der Waals surface area (Å²) < 4.78 is 8.88. The summed E-state index contributed by atoms with van der Waals surface area (Å²) in [5.74, 6) is 0.308. The van der Waals surface area contributed by atoms with E-state index >= 15 is 0 Å². The Morgan fingerprint density at radius 3 is 2.83 bits per heavy atom. The molecule has 0 aromatic carbocycles. The van der Waals surface area contributed by atoms with Crippen LogP contribution in [0, 0.1) is 13.8 Å². The highest BCUT2D eigenvalue weighted by Crippen LogP contribution is 2.34. The average molecular weight is 446 g/mol. The highest BCUT2D eigenvalue weighted by Gasteiger charge is 2.22. The van der Waals surface area contributed by atoms with Crippen LogP contribution in [0.5, 0.6) is 0 Å². The summed E-state index contributed by atoms with van der Waals surface area (Å²) in [5.41, 5.74) is 3.94. The number of ketones is 1. The van der Waals surface area contributed by atoms with E-state index in [0.717, 1.165) is 53.0 Å². The standard InChI is InChI=1S/C22H27N3O3S2/c1-13-11-16(14(2)25(13)9-10-28-4)17(26)12-29-22-23-20-19(21(27)24(22)3)15-7-5-6-8-18(15)30-20/h11H,5-10,12H2,1-4H3. The van der Waals surface area contributed by atoms with Gasteiger partial charge in [-0.1, -0.05) is 11.8 Å². The van der Waals surface area contributed by atoms with E-state index in [1.807, 2.05) is 19.9 Å². The number of methoxy groups -OCH3 is 1. The van der Waals surface area contributed by atoms with Gasteiger partial charge >= 0.3 is 0 Å². The molecule has 3 heterocycles. The van der Waals surface area contributed by atoms with Crippen molar-refractivity contribution in [1.82, 2.24) is 14.1 Å². The van der Waals surface area contributed by atoms with E-state index in [4.69, 9.17) is 9.72 Å².